The summed E-state index contributed by atoms with van der Waals surface area (Å²) in [5.74, 6) is -0.535. The molecule has 1 saturated heterocycles. The van der Waals surface area contributed by atoms with Crippen LogP contribution in [0.3, 0.4) is 0 Å². The molecular weight excluding hydrogens is 354 g/mol. The van der Waals surface area contributed by atoms with Crippen molar-refractivity contribution in [2.24, 2.45) is 0 Å². The third-order valence-electron chi connectivity index (χ3n) is 4.67. The van der Waals surface area contributed by atoms with Gasteiger partial charge in [0, 0.05) is 11.6 Å². The van der Waals surface area contributed by atoms with Gasteiger partial charge in [-0.1, -0.05) is 11.6 Å². The first kappa shape index (κ1) is 17.1. The van der Waals surface area contributed by atoms with E-state index < -0.39 is 11.6 Å². The Hall–Kier alpha value is -2.34. The Kier molecular flexibility index (Phi) is 3.84. The van der Waals surface area contributed by atoms with Crippen molar-refractivity contribution in [2.45, 2.75) is 45.3 Å². The van der Waals surface area contributed by atoms with Crippen LogP contribution in [0.5, 0.6) is 0 Å². The van der Waals surface area contributed by atoms with Gasteiger partial charge in [-0.05, 0) is 51.8 Å². The number of imidazole rings is 1. The van der Waals surface area contributed by atoms with Crippen molar-refractivity contribution < 1.29 is 14.3 Å². The van der Waals surface area contributed by atoms with Crippen molar-refractivity contribution in [1.82, 2.24) is 14.5 Å². The molecular formula is C19H20ClN3O3. The second kappa shape index (κ2) is 5.84. The average molecular weight is 374 g/mol. The SMILES string of the molecule is CC(C)(C)OC(=O)c1ncn2c1C1CCCN1C(=O)c1cc(Cl)ccc1-2. The molecule has 1 unspecified atom stereocenters. The molecule has 7 heteroatoms. The zero-order valence-electron chi connectivity index (χ0n) is 15.0. The van der Waals surface area contributed by atoms with Gasteiger partial charge in [-0.3, -0.25) is 9.36 Å². The van der Waals surface area contributed by atoms with E-state index >= 15 is 0 Å². The first-order chi connectivity index (χ1) is 12.3. The number of halogens is 1. The predicted octanol–water partition coefficient (Wildman–Crippen LogP) is 3.77. The highest BCUT2D eigenvalue weighted by molar-refractivity contribution is 6.31. The first-order valence-corrected chi connectivity index (χ1v) is 9.05. The molecule has 6 nitrogen and oxygen atoms in total. The van der Waals surface area contributed by atoms with Gasteiger partial charge in [0.15, 0.2) is 5.69 Å². The standard InChI is InChI=1S/C19H20ClN3O3/c1-19(2,3)26-18(25)15-16-14-5-4-8-22(14)17(24)12-9-11(20)6-7-13(12)23(16)10-21-15/h6-7,9-10,14H,4-5,8H2,1-3H3. The highest BCUT2D eigenvalue weighted by Gasteiger charge is 2.40. The first-order valence-electron chi connectivity index (χ1n) is 8.68. The van der Waals surface area contributed by atoms with Gasteiger partial charge in [-0.25, -0.2) is 9.78 Å². The van der Waals surface area contributed by atoms with E-state index in [4.69, 9.17) is 16.3 Å². The van der Waals surface area contributed by atoms with Crippen LogP contribution in [0.2, 0.25) is 5.02 Å². The van der Waals surface area contributed by atoms with Crippen LogP contribution in [0.15, 0.2) is 24.5 Å². The minimum Gasteiger partial charge on any atom is -0.455 e. The maximum atomic E-state index is 13.1. The largest absolute Gasteiger partial charge is 0.455 e. The molecule has 0 spiro atoms. The van der Waals surface area contributed by atoms with Gasteiger partial charge >= 0.3 is 5.97 Å². The van der Waals surface area contributed by atoms with E-state index in [9.17, 15) is 9.59 Å². The Labute approximate surface area is 156 Å². The van der Waals surface area contributed by atoms with Gasteiger partial charge in [0.05, 0.1) is 23.0 Å². The maximum Gasteiger partial charge on any atom is 0.359 e. The summed E-state index contributed by atoms with van der Waals surface area (Å²) in [6.07, 6.45) is 3.26. The molecule has 0 aliphatic carbocycles. The number of benzene rings is 1. The van der Waals surface area contributed by atoms with Crippen LogP contribution in [0.4, 0.5) is 0 Å². The number of fused-ring (bicyclic) bond motifs is 5. The van der Waals surface area contributed by atoms with Crippen molar-refractivity contribution >= 4 is 23.5 Å². The minimum atomic E-state index is -0.616. The third-order valence-corrected chi connectivity index (χ3v) is 4.91. The lowest BCUT2D eigenvalue weighted by Gasteiger charge is -2.24. The summed E-state index contributed by atoms with van der Waals surface area (Å²) in [7, 11) is 0. The Balaban J connectivity index is 1.91. The Morgan fingerprint density at radius 2 is 2.12 bits per heavy atom. The van der Waals surface area contributed by atoms with E-state index in [1.807, 2.05) is 30.2 Å². The van der Waals surface area contributed by atoms with Gasteiger partial charge < -0.3 is 9.64 Å². The van der Waals surface area contributed by atoms with Crippen LogP contribution in [-0.2, 0) is 4.74 Å². The highest BCUT2D eigenvalue weighted by Crippen LogP contribution is 2.40. The summed E-state index contributed by atoms with van der Waals surface area (Å²) in [4.78, 5) is 31.9. The summed E-state index contributed by atoms with van der Waals surface area (Å²) < 4.78 is 7.36. The van der Waals surface area contributed by atoms with E-state index in [1.165, 1.54) is 0 Å². The molecule has 0 radical (unpaired) electrons. The lowest BCUT2D eigenvalue weighted by Crippen LogP contribution is -2.31. The van der Waals surface area contributed by atoms with Gasteiger partial charge in [-0.15, -0.1) is 0 Å². The number of hydrogen-bond acceptors (Lipinski definition) is 4. The number of ether oxygens (including phenoxy) is 1. The summed E-state index contributed by atoms with van der Waals surface area (Å²) in [5.41, 5.74) is 1.58. The summed E-state index contributed by atoms with van der Waals surface area (Å²) in [5, 5.41) is 0.503. The van der Waals surface area contributed by atoms with E-state index in [2.05, 4.69) is 4.98 Å². The van der Waals surface area contributed by atoms with E-state index in [1.54, 1.807) is 24.5 Å². The number of rotatable bonds is 1. The second-order valence-corrected chi connectivity index (χ2v) is 8.10. The van der Waals surface area contributed by atoms with Crippen molar-refractivity contribution in [2.75, 3.05) is 6.54 Å². The van der Waals surface area contributed by atoms with Crippen molar-refractivity contribution in [3.05, 3.63) is 46.5 Å². The molecule has 0 saturated carbocycles. The quantitative estimate of drug-likeness (QED) is 0.714. The van der Waals surface area contributed by atoms with Gasteiger partial charge in [0.25, 0.3) is 5.91 Å². The fourth-order valence-corrected chi connectivity index (χ4v) is 3.86. The number of carbonyl (C=O) groups excluding carboxylic acids is 2. The molecule has 0 N–H and O–H groups in total. The molecule has 4 rings (SSSR count). The molecule has 3 heterocycles. The lowest BCUT2D eigenvalue weighted by molar-refractivity contribution is 0.00596. The van der Waals surface area contributed by atoms with E-state index in [-0.39, 0.29) is 17.6 Å². The van der Waals surface area contributed by atoms with E-state index in [0.717, 1.165) is 12.8 Å². The van der Waals surface area contributed by atoms with Crippen molar-refractivity contribution in [1.29, 1.82) is 0 Å². The molecule has 26 heavy (non-hydrogen) atoms. The average Bonchev–Trinajstić information content (AvgIpc) is 3.17. The van der Waals surface area contributed by atoms with Crippen LogP contribution >= 0.6 is 11.6 Å². The number of aromatic nitrogens is 2. The topological polar surface area (TPSA) is 64.4 Å². The summed E-state index contributed by atoms with van der Waals surface area (Å²) >= 11 is 6.12. The summed E-state index contributed by atoms with van der Waals surface area (Å²) in [6.45, 7) is 6.11. The Morgan fingerprint density at radius 1 is 1.35 bits per heavy atom. The Bertz CT molecular complexity index is 913. The summed E-state index contributed by atoms with van der Waals surface area (Å²) in [6, 6.07) is 5.01. The molecule has 2 aliphatic heterocycles. The lowest BCUT2D eigenvalue weighted by atomic mass is 10.1. The molecule has 1 fully saturated rings. The molecule has 1 atom stereocenters. The van der Waals surface area contributed by atoms with Gasteiger partial charge in [0.1, 0.15) is 11.9 Å². The van der Waals surface area contributed by atoms with Crippen LogP contribution in [0.1, 0.15) is 66.2 Å². The van der Waals surface area contributed by atoms with Crippen LogP contribution in [-0.4, -0.2) is 38.5 Å². The fourth-order valence-electron chi connectivity index (χ4n) is 3.69. The second-order valence-electron chi connectivity index (χ2n) is 7.67. The highest BCUT2D eigenvalue weighted by atomic mass is 35.5. The zero-order valence-corrected chi connectivity index (χ0v) is 15.7. The zero-order chi connectivity index (χ0) is 18.6. The molecule has 2 aromatic rings. The maximum absolute atomic E-state index is 13.1. The van der Waals surface area contributed by atoms with Gasteiger partial charge in [-0.2, -0.15) is 0 Å². The fraction of sp³-hybridized carbons (Fsp3) is 0.421. The van der Waals surface area contributed by atoms with Crippen LogP contribution in [0, 0.1) is 0 Å². The molecule has 0 bridgehead atoms. The van der Waals surface area contributed by atoms with E-state index in [0.29, 0.717) is 28.5 Å². The normalized spacial score (nSPS) is 18.8. The number of amides is 1. The van der Waals surface area contributed by atoms with Crippen molar-refractivity contribution in [3.8, 4) is 5.69 Å². The molecule has 2 aliphatic rings. The van der Waals surface area contributed by atoms with Crippen LogP contribution in [0.25, 0.3) is 5.69 Å². The number of hydrogen-bond donors (Lipinski definition) is 0. The molecule has 1 amide bonds. The molecule has 1 aromatic carbocycles. The number of esters is 1. The number of nitrogens with zero attached hydrogens (tertiary/aromatic N) is 3. The molecule has 136 valence electrons. The van der Waals surface area contributed by atoms with Crippen LogP contribution < -0.4 is 0 Å². The van der Waals surface area contributed by atoms with Crippen molar-refractivity contribution in [3.63, 3.8) is 0 Å². The van der Waals surface area contributed by atoms with Gasteiger partial charge in [0.2, 0.25) is 0 Å². The predicted molar refractivity (Wildman–Crippen MR) is 96.8 cm³/mol. The smallest absolute Gasteiger partial charge is 0.359 e. The number of carbonyl (C=O) groups is 2. The monoisotopic (exact) mass is 373 g/mol. The molecule has 1 aromatic heterocycles. The third kappa shape index (κ3) is 2.69. The minimum absolute atomic E-state index is 0.0659. The Morgan fingerprint density at radius 3 is 2.85 bits per heavy atom.